The molecule has 162 valence electrons. The van der Waals surface area contributed by atoms with E-state index in [1.54, 1.807) is 29.2 Å². The molecule has 1 aliphatic heterocycles. The number of morpholine rings is 1. The molecular formula is C21H32N2O5S. The van der Waals surface area contributed by atoms with Crippen LogP contribution in [0.4, 0.5) is 0 Å². The maximum Gasteiger partial charge on any atom is 0.254 e. The minimum absolute atomic E-state index is 0.00966. The predicted octanol–water partition coefficient (Wildman–Crippen LogP) is 2.16. The van der Waals surface area contributed by atoms with E-state index in [-0.39, 0.29) is 30.4 Å². The first-order valence-electron chi connectivity index (χ1n) is 10.2. The van der Waals surface area contributed by atoms with E-state index in [1.165, 1.54) is 0 Å². The van der Waals surface area contributed by atoms with Crippen LogP contribution in [0.2, 0.25) is 0 Å². The summed E-state index contributed by atoms with van der Waals surface area (Å²) in [6, 6.07) is 7.01. The third kappa shape index (κ3) is 7.78. The zero-order valence-electron chi connectivity index (χ0n) is 17.5. The number of benzene rings is 1. The topological polar surface area (TPSA) is 92.8 Å². The van der Waals surface area contributed by atoms with Gasteiger partial charge in [-0.15, -0.1) is 0 Å². The molecule has 0 aromatic heterocycles. The van der Waals surface area contributed by atoms with E-state index < -0.39 is 21.5 Å². The van der Waals surface area contributed by atoms with Crippen LogP contribution in [0.5, 0.6) is 0 Å². The number of nitrogens with one attached hydrogen (secondary N) is 1. The average Bonchev–Trinajstić information content (AvgIpc) is 2.65. The minimum Gasteiger partial charge on any atom is -0.372 e. The first-order valence-corrected chi connectivity index (χ1v) is 12.0. The Balaban J connectivity index is 1.84. The normalized spacial score (nSPS) is 19.8. The Bertz CT molecular complexity index is 782. The number of nitrogens with zero attached hydrogens (tertiary/aromatic N) is 1. The van der Waals surface area contributed by atoms with E-state index in [0.29, 0.717) is 25.1 Å². The molecule has 1 aromatic carbocycles. The fourth-order valence-corrected chi connectivity index (χ4v) is 4.68. The summed E-state index contributed by atoms with van der Waals surface area (Å²) in [6.45, 7) is 7.25. The number of carbonyl (C=O) groups excluding carboxylic acids is 2. The Hall–Kier alpha value is -1.93. The van der Waals surface area contributed by atoms with Gasteiger partial charge in [0.15, 0.2) is 9.84 Å². The lowest BCUT2D eigenvalue weighted by molar-refractivity contribution is -0.118. The quantitative estimate of drug-likeness (QED) is 0.613. The second-order valence-corrected chi connectivity index (χ2v) is 9.92. The lowest BCUT2D eigenvalue weighted by Crippen LogP contribution is -2.48. The molecule has 1 aromatic rings. The van der Waals surface area contributed by atoms with Gasteiger partial charge in [-0.05, 0) is 38.0 Å². The standard InChI is InChI=1S/C21H32N2O5S/c1-4-5-6-11-29(26,27)15-20(24)22-12-18-7-9-19(10-8-18)21(25)23-13-16(2)28-17(3)14-23/h7-10,16-17H,4-6,11-15H2,1-3H3,(H,22,24). The zero-order chi connectivity index (χ0) is 21.4. The number of ether oxygens (including phenoxy) is 1. The molecule has 0 spiro atoms. The summed E-state index contributed by atoms with van der Waals surface area (Å²) < 4.78 is 29.5. The van der Waals surface area contributed by atoms with Gasteiger partial charge >= 0.3 is 0 Å². The first-order chi connectivity index (χ1) is 13.7. The summed E-state index contributed by atoms with van der Waals surface area (Å²) >= 11 is 0. The first kappa shape index (κ1) is 23.3. The van der Waals surface area contributed by atoms with Gasteiger partial charge in [-0.1, -0.05) is 31.9 Å². The lowest BCUT2D eigenvalue weighted by atomic mass is 10.1. The van der Waals surface area contributed by atoms with Crippen LogP contribution < -0.4 is 5.32 Å². The van der Waals surface area contributed by atoms with Gasteiger partial charge in [-0.3, -0.25) is 9.59 Å². The van der Waals surface area contributed by atoms with Gasteiger partial charge in [0.05, 0.1) is 18.0 Å². The van der Waals surface area contributed by atoms with Crippen LogP contribution >= 0.6 is 0 Å². The van der Waals surface area contributed by atoms with Gasteiger partial charge < -0.3 is 15.0 Å². The predicted molar refractivity (Wildman–Crippen MR) is 112 cm³/mol. The number of sulfone groups is 1. The van der Waals surface area contributed by atoms with Crippen LogP contribution in [0.3, 0.4) is 0 Å². The molecule has 1 saturated heterocycles. The van der Waals surface area contributed by atoms with Crippen LogP contribution in [-0.4, -0.2) is 61.9 Å². The van der Waals surface area contributed by atoms with Gasteiger partial charge in [0, 0.05) is 25.2 Å². The van der Waals surface area contributed by atoms with Crippen molar-refractivity contribution in [2.24, 2.45) is 0 Å². The fraction of sp³-hybridized carbons (Fsp3) is 0.619. The van der Waals surface area contributed by atoms with E-state index in [0.717, 1.165) is 18.4 Å². The molecular weight excluding hydrogens is 392 g/mol. The average molecular weight is 425 g/mol. The minimum atomic E-state index is -3.37. The van der Waals surface area contributed by atoms with E-state index >= 15 is 0 Å². The van der Waals surface area contributed by atoms with E-state index in [1.807, 2.05) is 20.8 Å². The fourth-order valence-electron chi connectivity index (χ4n) is 3.39. The van der Waals surface area contributed by atoms with Gasteiger partial charge in [0.2, 0.25) is 5.91 Å². The number of amides is 2. The molecule has 1 aliphatic rings. The summed E-state index contributed by atoms with van der Waals surface area (Å²) in [7, 11) is -3.37. The number of carbonyl (C=O) groups is 2. The molecule has 0 bridgehead atoms. The summed E-state index contributed by atoms with van der Waals surface area (Å²) in [6.07, 6.45) is 2.38. The number of hydrogen-bond acceptors (Lipinski definition) is 5. The second-order valence-electron chi connectivity index (χ2n) is 7.74. The van der Waals surface area contributed by atoms with Gasteiger partial charge in [0.25, 0.3) is 5.91 Å². The maximum atomic E-state index is 12.7. The van der Waals surface area contributed by atoms with Crippen molar-refractivity contribution >= 4 is 21.7 Å². The number of hydrogen-bond donors (Lipinski definition) is 1. The van der Waals surface area contributed by atoms with Crippen LogP contribution in [0.15, 0.2) is 24.3 Å². The molecule has 0 aliphatic carbocycles. The van der Waals surface area contributed by atoms with Crippen LogP contribution in [-0.2, 0) is 25.9 Å². The van der Waals surface area contributed by atoms with E-state index in [9.17, 15) is 18.0 Å². The summed E-state index contributed by atoms with van der Waals surface area (Å²) in [4.78, 5) is 26.4. The lowest BCUT2D eigenvalue weighted by Gasteiger charge is -2.35. The molecule has 2 amide bonds. The highest BCUT2D eigenvalue weighted by Gasteiger charge is 2.26. The van der Waals surface area contributed by atoms with Crippen LogP contribution in [0.1, 0.15) is 56.0 Å². The Labute approximate surface area is 173 Å². The van der Waals surface area contributed by atoms with Gasteiger partial charge in [0.1, 0.15) is 5.75 Å². The van der Waals surface area contributed by atoms with Crippen molar-refractivity contribution in [1.29, 1.82) is 0 Å². The summed E-state index contributed by atoms with van der Waals surface area (Å²) in [5, 5.41) is 2.64. The molecule has 7 nitrogen and oxygen atoms in total. The largest absolute Gasteiger partial charge is 0.372 e. The highest BCUT2D eigenvalue weighted by molar-refractivity contribution is 7.92. The van der Waals surface area contributed by atoms with Crippen molar-refractivity contribution in [2.45, 2.75) is 58.8 Å². The third-order valence-electron chi connectivity index (χ3n) is 4.81. The summed E-state index contributed by atoms with van der Waals surface area (Å²) in [5.74, 6) is -0.983. The van der Waals surface area contributed by atoms with Crippen molar-refractivity contribution in [2.75, 3.05) is 24.6 Å². The summed E-state index contributed by atoms with van der Waals surface area (Å²) in [5.41, 5.74) is 1.39. The van der Waals surface area contributed by atoms with Gasteiger partial charge in [-0.25, -0.2) is 8.42 Å². The second kappa shape index (κ2) is 10.7. The monoisotopic (exact) mass is 424 g/mol. The molecule has 2 unspecified atom stereocenters. The molecule has 2 atom stereocenters. The molecule has 1 fully saturated rings. The van der Waals surface area contributed by atoms with Crippen molar-refractivity contribution in [1.82, 2.24) is 10.2 Å². The zero-order valence-corrected chi connectivity index (χ0v) is 18.3. The Morgan fingerprint density at radius 2 is 1.72 bits per heavy atom. The van der Waals surface area contributed by atoms with Gasteiger partial charge in [-0.2, -0.15) is 0 Å². The molecule has 8 heteroatoms. The molecule has 0 radical (unpaired) electrons. The number of rotatable bonds is 9. The van der Waals surface area contributed by atoms with Crippen LogP contribution in [0.25, 0.3) is 0 Å². The molecule has 1 N–H and O–H groups in total. The molecule has 2 rings (SSSR count). The van der Waals surface area contributed by atoms with Crippen molar-refractivity contribution in [3.8, 4) is 0 Å². The van der Waals surface area contributed by atoms with E-state index in [4.69, 9.17) is 4.74 Å². The Morgan fingerprint density at radius 1 is 1.10 bits per heavy atom. The molecule has 29 heavy (non-hydrogen) atoms. The van der Waals surface area contributed by atoms with Crippen LogP contribution in [0, 0.1) is 0 Å². The molecule has 1 heterocycles. The van der Waals surface area contributed by atoms with E-state index in [2.05, 4.69) is 5.32 Å². The highest BCUT2D eigenvalue weighted by atomic mass is 32.2. The SMILES string of the molecule is CCCCCS(=O)(=O)CC(=O)NCc1ccc(C(=O)N2CC(C)OC(C)C2)cc1. The maximum absolute atomic E-state index is 12.7. The third-order valence-corrected chi connectivity index (χ3v) is 6.42. The number of unbranched alkanes of at least 4 members (excludes halogenated alkanes) is 2. The Morgan fingerprint density at radius 3 is 2.31 bits per heavy atom. The van der Waals surface area contributed by atoms with Crippen molar-refractivity contribution < 1.29 is 22.7 Å². The highest BCUT2D eigenvalue weighted by Crippen LogP contribution is 2.15. The van der Waals surface area contributed by atoms with Crippen molar-refractivity contribution in [3.63, 3.8) is 0 Å². The smallest absolute Gasteiger partial charge is 0.254 e. The Kier molecular flexibility index (Phi) is 8.64. The van der Waals surface area contributed by atoms with Crippen molar-refractivity contribution in [3.05, 3.63) is 35.4 Å². The molecule has 0 saturated carbocycles.